The molecule has 25 heavy (non-hydrogen) atoms. The van der Waals surface area contributed by atoms with Crippen molar-refractivity contribution in [2.45, 2.75) is 124 Å². The van der Waals surface area contributed by atoms with Crippen LogP contribution in [-0.4, -0.2) is 9.55 Å². The van der Waals surface area contributed by atoms with E-state index in [4.69, 9.17) is 4.98 Å². The number of unbranched alkanes of at least 4 members (excludes halogenated alkanes) is 8. The van der Waals surface area contributed by atoms with Crippen LogP contribution in [0.2, 0.25) is 0 Å². The molecule has 0 aliphatic rings. The lowest BCUT2D eigenvalue weighted by Gasteiger charge is -2.25. The summed E-state index contributed by atoms with van der Waals surface area (Å²) in [5, 5.41) is 0. The highest BCUT2D eigenvalue weighted by Gasteiger charge is 2.22. The van der Waals surface area contributed by atoms with E-state index in [1.165, 1.54) is 82.9 Å². The maximum absolute atomic E-state index is 4.79. The van der Waals surface area contributed by atoms with E-state index < -0.39 is 0 Å². The molecule has 0 aliphatic heterocycles. The van der Waals surface area contributed by atoms with Crippen molar-refractivity contribution in [1.29, 1.82) is 0 Å². The van der Waals surface area contributed by atoms with Crippen LogP contribution in [0.1, 0.15) is 129 Å². The molecule has 2 unspecified atom stereocenters. The van der Waals surface area contributed by atoms with E-state index in [1.807, 2.05) is 6.20 Å². The van der Waals surface area contributed by atoms with Crippen molar-refractivity contribution in [1.82, 2.24) is 9.55 Å². The summed E-state index contributed by atoms with van der Waals surface area (Å²) in [6, 6.07) is 0.583. The molecule has 2 heteroatoms. The molecule has 0 aliphatic carbocycles. The van der Waals surface area contributed by atoms with Gasteiger partial charge in [0.25, 0.3) is 0 Å². The first-order chi connectivity index (χ1) is 12.1. The maximum atomic E-state index is 4.79. The second-order valence-corrected chi connectivity index (χ2v) is 8.30. The molecule has 0 fully saturated rings. The molecule has 146 valence electrons. The van der Waals surface area contributed by atoms with E-state index in [-0.39, 0.29) is 0 Å². The highest BCUT2D eigenvalue weighted by Crippen LogP contribution is 2.31. The Hall–Kier alpha value is -0.790. The average molecular weight is 349 g/mol. The van der Waals surface area contributed by atoms with Crippen LogP contribution in [-0.2, 0) is 0 Å². The SMILES string of the molecule is CCCCCCCCC(c1nccn1C(C)CCCCCC)C(C)C. The first-order valence-corrected chi connectivity index (χ1v) is 11.1. The quantitative estimate of drug-likeness (QED) is 0.294. The highest BCUT2D eigenvalue weighted by atomic mass is 15.1. The Bertz CT molecular complexity index is 421. The van der Waals surface area contributed by atoms with Crippen LogP contribution in [0.4, 0.5) is 0 Å². The summed E-state index contributed by atoms with van der Waals surface area (Å²) in [6.07, 6.45) is 20.5. The molecule has 1 heterocycles. The van der Waals surface area contributed by atoms with E-state index in [9.17, 15) is 0 Å². The second kappa shape index (κ2) is 13.4. The Morgan fingerprint density at radius 1 is 0.800 bits per heavy atom. The van der Waals surface area contributed by atoms with E-state index >= 15 is 0 Å². The van der Waals surface area contributed by atoms with Gasteiger partial charge in [0.2, 0.25) is 0 Å². The Morgan fingerprint density at radius 2 is 1.36 bits per heavy atom. The van der Waals surface area contributed by atoms with E-state index in [2.05, 4.69) is 45.4 Å². The molecule has 0 saturated heterocycles. The van der Waals surface area contributed by atoms with Crippen molar-refractivity contribution in [2.75, 3.05) is 0 Å². The van der Waals surface area contributed by atoms with Crippen LogP contribution in [0.3, 0.4) is 0 Å². The van der Waals surface area contributed by atoms with Gasteiger partial charge in [0.05, 0.1) is 0 Å². The Labute approximate surface area is 157 Å². The fourth-order valence-electron chi connectivity index (χ4n) is 3.90. The smallest absolute Gasteiger partial charge is 0.112 e. The normalized spacial score (nSPS) is 14.2. The van der Waals surface area contributed by atoms with E-state index in [1.54, 1.807) is 0 Å². The fourth-order valence-corrected chi connectivity index (χ4v) is 3.90. The van der Waals surface area contributed by atoms with Gasteiger partial charge in [0.1, 0.15) is 5.82 Å². The van der Waals surface area contributed by atoms with Crippen LogP contribution < -0.4 is 0 Å². The molecule has 2 nitrogen and oxygen atoms in total. The summed E-state index contributed by atoms with van der Waals surface area (Å²) in [4.78, 5) is 4.79. The topological polar surface area (TPSA) is 17.8 Å². The van der Waals surface area contributed by atoms with Gasteiger partial charge >= 0.3 is 0 Å². The van der Waals surface area contributed by atoms with Crippen molar-refractivity contribution in [3.8, 4) is 0 Å². The molecule has 2 atom stereocenters. The Balaban J connectivity index is 2.55. The molecule has 1 rings (SSSR count). The number of hydrogen-bond donors (Lipinski definition) is 0. The van der Waals surface area contributed by atoms with Gasteiger partial charge in [0, 0.05) is 24.4 Å². The van der Waals surface area contributed by atoms with Crippen molar-refractivity contribution < 1.29 is 0 Å². The van der Waals surface area contributed by atoms with Gasteiger partial charge in [0.15, 0.2) is 0 Å². The number of rotatable bonds is 15. The average Bonchev–Trinajstić information content (AvgIpc) is 3.07. The van der Waals surface area contributed by atoms with Crippen LogP contribution >= 0.6 is 0 Å². The third-order valence-corrected chi connectivity index (χ3v) is 5.65. The third-order valence-electron chi connectivity index (χ3n) is 5.65. The highest BCUT2D eigenvalue weighted by molar-refractivity contribution is 5.03. The number of hydrogen-bond acceptors (Lipinski definition) is 1. The lowest BCUT2D eigenvalue weighted by Crippen LogP contribution is -2.16. The molecule has 0 radical (unpaired) electrons. The van der Waals surface area contributed by atoms with Gasteiger partial charge in [-0.05, 0) is 25.7 Å². The third kappa shape index (κ3) is 8.42. The first-order valence-electron chi connectivity index (χ1n) is 11.1. The minimum Gasteiger partial charge on any atom is -0.332 e. The maximum Gasteiger partial charge on any atom is 0.112 e. The summed E-state index contributed by atoms with van der Waals surface area (Å²) in [5.41, 5.74) is 0. The molecular weight excluding hydrogens is 304 g/mol. The van der Waals surface area contributed by atoms with Crippen LogP contribution in [0, 0.1) is 5.92 Å². The Kier molecular flexibility index (Phi) is 11.9. The standard InChI is InChI=1S/C23H44N2/c1-6-8-10-12-13-15-17-22(20(3)4)23-24-18-19-25(23)21(5)16-14-11-9-7-2/h18-22H,6-17H2,1-5H3. The molecule has 0 N–H and O–H groups in total. The van der Waals surface area contributed by atoms with Gasteiger partial charge < -0.3 is 4.57 Å². The molecule has 0 saturated carbocycles. The zero-order valence-corrected chi connectivity index (χ0v) is 17.8. The lowest BCUT2D eigenvalue weighted by molar-refractivity contribution is 0.383. The summed E-state index contributed by atoms with van der Waals surface area (Å²) in [7, 11) is 0. The fraction of sp³-hybridized carbons (Fsp3) is 0.870. The van der Waals surface area contributed by atoms with Crippen molar-refractivity contribution in [3.63, 3.8) is 0 Å². The van der Waals surface area contributed by atoms with Gasteiger partial charge in [-0.15, -0.1) is 0 Å². The van der Waals surface area contributed by atoms with Crippen LogP contribution in [0.25, 0.3) is 0 Å². The first kappa shape index (κ1) is 22.3. The molecular formula is C23H44N2. The molecule has 0 bridgehead atoms. The van der Waals surface area contributed by atoms with E-state index in [0.717, 1.165) is 0 Å². The van der Waals surface area contributed by atoms with E-state index in [0.29, 0.717) is 17.9 Å². The van der Waals surface area contributed by atoms with Gasteiger partial charge in [-0.25, -0.2) is 4.98 Å². The largest absolute Gasteiger partial charge is 0.332 e. The Morgan fingerprint density at radius 3 is 2.00 bits per heavy atom. The number of nitrogens with zero attached hydrogens (tertiary/aromatic N) is 2. The molecule has 0 amide bonds. The predicted octanol–water partition coefficient (Wildman–Crippen LogP) is 7.90. The van der Waals surface area contributed by atoms with Crippen LogP contribution in [0.15, 0.2) is 12.4 Å². The molecule has 0 aromatic carbocycles. The van der Waals surface area contributed by atoms with Gasteiger partial charge in [-0.2, -0.15) is 0 Å². The van der Waals surface area contributed by atoms with Crippen LogP contribution in [0.5, 0.6) is 0 Å². The lowest BCUT2D eigenvalue weighted by atomic mass is 9.89. The number of aromatic nitrogens is 2. The van der Waals surface area contributed by atoms with Crippen molar-refractivity contribution in [2.24, 2.45) is 5.92 Å². The summed E-state index contributed by atoms with van der Waals surface area (Å²) in [5.74, 6) is 2.62. The molecule has 1 aromatic rings. The molecule has 0 spiro atoms. The number of imidazole rings is 1. The minimum absolute atomic E-state index is 0.583. The van der Waals surface area contributed by atoms with Crippen molar-refractivity contribution >= 4 is 0 Å². The van der Waals surface area contributed by atoms with Crippen molar-refractivity contribution in [3.05, 3.63) is 18.2 Å². The monoisotopic (exact) mass is 348 g/mol. The summed E-state index contributed by atoms with van der Waals surface area (Å²) in [6.45, 7) is 11.7. The summed E-state index contributed by atoms with van der Waals surface area (Å²) < 4.78 is 2.48. The molecule has 1 aromatic heterocycles. The zero-order chi connectivity index (χ0) is 18.5. The second-order valence-electron chi connectivity index (χ2n) is 8.30. The zero-order valence-electron chi connectivity index (χ0n) is 17.8. The minimum atomic E-state index is 0.583. The summed E-state index contributed by atoms with van der Waals surface area (Å²) >= 11 is 0. The van der Waals surface area contributed by atoms with Gasteiger partial charge in [-0.1, -0.05) is 91.9 Å². The predicted molar refractivity (Wildman–Crippen MR) is 111 cm³/mol. The van der Waals surface area contributed by atoms with Gasteiger partial charge in [-0.3, -0.25) is 0 Å².